The summed E-state index contributed by atoms with van der Waals surface area (Å²) in [4.78, 5) is 16.6. The Hall–Kier alpha value is -3.74. The molecule has 4 aromatic rings. The minimum absolute atomic E-state index is 0.102. The largest absolute Gasteiger partial charge is 0.416 e. The molecule has 1 N–H and O–H groups in total. The van der Waals surface area contributed by atoms with Crippen molar-refractivity contribution < 1.29 is 9.21 Å². The third-order valence-electron chi connectivity index (χ3n) is 4.87. The van der Waals surface area contributed by atoms with Crippen LogP contribution in [-0.2, 0) is 6.54 Å². The summed E-state index contributed by atoms with van der Waals surface area (Å²) in [5.74, 6) is 1.77. The minimum atomic E-state index is -0.102. The molecule has 7 heteroatoms. The van der Waals surface area contributed by atoms with Crippen LogP contribution in [-0.4, -0.2) is 32.2 Å². The van der Waals surface area contributed by atoms with Crippen LogP contribution in [0.5, 0.6) is 0 Å². The van der Waals surface area contributed by atoms with Gasteiger partial charge in [0.25, 0.3) is 5.91 Å². The highest BCUT2D eigenvalue weighted by molar-refractivity contribution is 5.94. The van der Waals surface area contributed by atoms with Gasteiger partial charge < -0.3 is 14.3 Å². The van der Waals surface area contributed by atoms with E-state index in [-0.39, 0.29) is 5.91 Å². The van der Waals surface area contributed by atoms with Crippen molar-refractivity contribution in [1.29, 1.82) is 0 Å². The molecule has 2 aromatic carbocycles. The van der Waals surface area contributed by atoms with E-state index in [1.54, 1.807) is 18.3 Å². The molecule has 0 radical (unpaired) electrons. The van der Waals surface area contributed by atoms with E-state index in [1.807, 2.05) is 56.4 Å². The van der Waals surface area contributed by atoms with E-state index >= 15 is 0 Å². The molecule has 0 fully saturated rings. The highest BCUT2D eigenvalue weighted by atomic mass is 16.4. The molecule has 0 saturated heterocycles. The van der Waals surface area contributed by atoms with Crippen molar-refractivity contribution in [3.63, 3.8) is 0 Å². The number of benzene rings is 2. The van der Waals surface area contributed by atoms with Gasteiger partial charge in [-0.1, -0.05) is 17.7 Å². The van der Waals surface area contributed by atoms with Crippen molar-refractivity contribution in [2.75, 3.05) is 6.54 Å². The van der Waals surface area contributed by atoms with Gasteiger partial charge in [0.1, 0.15) is 5.82 Å². The lowest BCUT2D eigenvalue weighted by atomic mass is 10.1. The first kappa shape index (κ1) is 19.6. The molecule has 0 bridgehead atoms. The average Bonchev–Trinajstić information content (AvgIpc) is 3.41. The first-order valence-electron chi connectivity index (χ1n) is 9.87. The zero-order valence-electron chi connectivity index (χ0n) is 17.0. The van der Waals surface area contributed by atoms with Gasteiger partial charge >= 0.3 is 0 Å². The van der Waals surface area contributed by atoms with Crippen LogP contribution in [0.15, 0.2) is 65.3 Å². The van der Waals surface area contributed by atoms with Crippen LogP contribution < -0.4 is 5.32 Å². The average molecular weight is 401 g/mol. The van der Waals surface area contributed by atoms with Crippen molar-refractivity contribution in [2.45, 2.75) is 26.8 Å². The summed E-state index contributed by atoms with van der Waals surface area (Å²) in [5.41, 5.74) is 3.38. The van der Waals surface area contributed by atoms with E-state index in [1.165, 1.54) is 0 Å². The van der Waals surface area contributed by atoms with Crippen LogP contribution in [0.4, 0.5) is 0 Å². The summed E-state index contributed by atoms with van der Waals surface area (Å²) < 4.78 is 7.87. The van der Waals surface area contributed by atoms with Gasteiger partial charge in [0, 0.05) is 42.2 Å². The van der Waals surface area contributed by atoms with E-state index in [2.05, 4.69) is 25.1 Å². The summed E-state index contributed by atoms with van der Waals surface area (Å²) in [6.45, 7) is 5.41. The molecule has 0 aliphatic rings. The zero-order chi connectivity index (χ0) is 20.9. The Bertz CT molecular complexity index is 1140. The highest BCUT2D eigenvalue weighted by Crippen LogP contribution is 2.24. The number of aryl methyl sites for hydroxylation is 3. The minimum Gasteiger partial charge on any atom is -0.416 e. The van der Waals surface area contributed by atoms with Crippen LogP contribution in [0.2, 0.25) is 0 Å². The standard InChI is InChI=1S/C23H23N5O2/c1-16-5-3-6-20(15-16)23-27-26-22(30-23)19-9-7-18(8-10-19)21(29)25-11-4-13-28-14-12-24-17(28)2/h3,5-10,12,14-15H,4,11,13H2,1-2H3,(H,25,29). The lowest BCUT2D eigenvalue weighted by molar-refractivity contribution is 0.0952. The van der Waals surface area contributed by atoms with E-state index in [9.17, 15) is 4.79 Å². The lowest BCUT2D eigenvalue weighted by Gasteiger charge is -2.07. The van der Waals surface area contributed by atoms with Crippen molar-refractivity contribution in [1.82, 2.24) is 25.1 Å². The summed E-state index contributed by atoms with van der Waals surface area (Å²) in [6.07, 6.45) is 4.56. The van der Waals surface area contributed by atoms with Gasteiger partial charge in [0.2, 0.25) is 11.8 Å². The topological polar surface area (TPSA) is 85.8 Å². The maximum Gasteiger partial charge on any atom is 0.251 e. The van der Waals surface area contributed by atoms with E-state index in [4.69, 9.17) is 4.42 Å². The summed E-state index contributed by atoms with van der Waals surface area (Å²) >= 11 is 0. The van der Waals surface area contributed by atoms with Crippen molar-refractivity contribution in [3.05, 3.63) is 77.9 Å². The van der Waals surface area contributed by atoms with Gasteiger partial charge in [-0.2, -0.15) is 0 Å². The van der Waals surface area contributed by atoms with Crippen molar-refractivity contribution in [2.24, 2.45) is 0 Å². The predicted octanol–water partition coefficient (Wildman–Crippen LogP) is 4.04. The fourth-order valence-electron chi connectivity index (χ4n) is 3.19. The van der Waals surface area contributed by atoms with Crippen LogP contribution >= 0.6 is 0 Å². The number of hydrogen-bond acceptors (Lipinski definition) is 5. The number of rotatable bonds is 7. The summed E-state index contributed by atoms with van der Waals surface area (Å²) in [6, 6.07) is 15.1. The maximum atomic E-state index is 12.4. The zero-order valence-corrected chi connectivity index (χ0v) is 17.0. The monoisotopic (exact) mass is 401 g/mol. The Morgan fingerprint density at radius 3 is 2.50 bits per heavy atom. The van der Waals surface area contributed by atoms with Crippen LogP contribution in [0.25, 0.3) is 22.9 Å². The number of amides is 1. The van der Waals surface area contributed by atoms with Gasteiger partial charge in [-0.15, -0.1) is 10.2 Å². The summed E-state index contributed by atoms with van der Waals surface area (Å²) in [5, 5.41) is 11.2. The van der Waals surface area contributed by atoms with Gasteiger partial charge in [0.15, 0.2) is 0 Å². The first-order valence-corrected chi connectivity index (χ1v) is 9.87. The molecule has 7 nitrogen and oxygen atoms in total. The number of carbonyl (C=O) groups excluding carboxylic acids is 1. The number of nitrogens with zero attached hydrogens (tertiary/aromatic N) is 4. The Morgan fingerprint density at radius 2 is 1.80 bits per heavy atom. The van der Waals surface area contributed by atoms with Gasteiger partial charge in [-0.05, 0) is 56.7 Å². The second-order valence-electron chi connectivity index (χ2n) is 7.14. The maximum absolute atomic E-state index is 12.4. The third kappa shape index (κ3) is 4.46. The normalized spacial score (nSPS) is 10.9. The van der Waals surface area contributed by atoms with Crippen molar-refractivity contribution >= 4 is 5.91 Å². The van der Waals surface area contributed by atoms with E-state index < -0.39 is 0 Å². The molecule has 0 unspecified atom stereocenters. The predicted molar refractivity (Wildman–Crippen MR) is 114 cm³/mol. The van der Waals surface area contributed by atoms with Crippen molar-refractivity contribution in [3.8, 4) is 22.9 Å². The fraction of sp³-hybridized carbons (Fsp3) is 0.217. The van der Waals surface area contributed by atoms with E-state index in [0.717, 1.165) is 35.5 Å². The highest BCUT2D eigenvalue weighted by Gasteiger charge is 2.12. The number of imidazole rings is 1. The number of aromatic nitrogens is 4. The van der Waals surface area contributed by atoms with Crippen LogP contribution in [0, 0.1) is 13.8 Å². The first-order chi connectivity index (χ1) is 14.6. The quantitative estimate of drug-likeness (QED) is 0.473. The number of nitrogens with one attached hydrogen (secondary N) is 1. The molecule has 152 valence electrons. The number of hydrogen-bond donors (Lipinski definition) is 1. The molecule has 0 spiro atoms. The second-order valence-corrected chi connectivity index (χ2v) is 7.14. The Balaban J connectivity index is 1.34. The molecule has 1 amide bonds. The van der Waals surface area contributed by atoms with Crippen LogP contribution in [0.3, 0.4) is 0 Å². The molecule has 0 aliphatic carbocycles. The molecule has 0 aliphatic heterocycles. The van der Waals surface area contributed by atoms with E-state index in [0.29, 0.717) is 23.9 Å². The van der Waals surface area contributed by atoms with Gasteiger partial charge in [0.05, 0.1) is 0 Å². The van der Waals surface area contributed by atoms with Gasteiger partial charge in [-0.3, -0.25) is 4.79 Å². The lowest BCUT2D eigenvalue weighted by Crippen LogP contribution is -2.25. The molecule has 0 saturated carbocycles. The SMILES string of the molecule is Cc1cccc(-c2nnc(-c3ccc(C(=O)NCCCn4ccnc4C)cc3)o2)c1. The van der Waals surface area contributed by atoms with Crippen LogP contribution in [0.1, 0.15) is 28.2 Å². The fourth-order valence-corrected chi connectivity index (χ4v) is 3.19. The molecule has 2 heterocycles. The Kier molecular flexibility index (Phi) is 5.70. The molecule has 30 heavy (non-hydrogen) atoms. The van der Waals surface area contributed by atoms with Gasteiger partial charge in [-0.25, -0.2) is 4.98 Å². The Morgan fingerprint density at radius 1 is 1.03 bits per heavy atom. The molecule has 0 atom stereocenters. The molecule has 2 aromatic heterocycles. The number of carbonyl (C=O) groups is 1. The molecular weight excluding hydrogens is 378 g/mol. The molecule has 4 rings (SSSR count). The third-order valence-corrected chi connectivity index (χ3v) is 4.87. The summed E-state index contributed by atoms with van der Waals surface area (Å²) in [7, 11) is 0. The molecular formula is C23H23N5O2. The Labute approximate surface area is 174 Å². The second kappa shape index (κ2) is 8.73. The smallest absolute Gasteiger partial charge is 0.251 e.